The molecule has 22 heavy (non-hydrogen) atoms. The molecule has 1 unspecified atom stereocenters. The predicted octanol–water partition coefficient (Wildman–Crippen LogP) is 3.80. The number of carboxylic acids is 1. The van der Waals surface area contributed by atoms with Crippen molar-refractivity contribution in [2.75, 3.05) is 6.61 Å². The van der Waals surface area contributed by atoms with Crippen LogP contribution in [-0.2, 0) is 11.2 Å². The smallest absolute Gasteiger partial charge is 0.305 e. The molecule has 0 fully saturated rings. The highest BCUT2D eigenvalue weighted by Gasteiger charge is 2.10. The zero-order valence-corrected chi connectivity index (χ0v) is 13.5. The maximum absolute atomic E-state index is 10.6. The van der Waals surface area contributed by atoms with Gasteiger partial charge in [-0.15, -0.1) is 0 Å². The highest BCUT2D eigenvalue weighted by molar-refractivity contribution is 5.67. The van der Waals surface area contributed by atoms with Crippen LogP contribution < -0.4 is 4.74 Å². The lowest BCUT2D eigenvalue weighted by Gasteiger charge is -2.10. The number of aliphatic hydroxyl groups is 1. The summed E-state index contributed by atoms with van der Waals surface area (Å²) in [6.07, 6.45) is 6.62. The van der Waals surface area contributed by atoms with E-state index in [-0.39, 0.29) is 6.42 Å². The highest BCUT2D eigenvalue weighted by atomic mass is 16.5. The third kappa shape index (κ3) is 8.67. The van der Waals surface area contributed by atoms with Crippen molar-refractivity contribution in [1.29, 1.82) is 0 Å². The summed E-state index contributed by atoms with van der Waals surface area (Å²) in [5, 5.41) is 18.3. The molecule has 4 heteroatoms. The molecule has 0 radical (unpaired) electrons. The van der Waals surface area contributed by atoms with E-state index in [0.29, 0.717) is 13.0 Å². The Morgan fingerprint density at radius 1 is 1.18 bits per heavy atom. The van der Waals surface area contributed by atoms with Crippen LogP contribution in [0.1, 0.15) is 57.4 Å². The number of ether oxygens (including phenoxy) is 1. The van der Waals surface area contributed by atoms with E-state index in [2.05, 4.69) is 6.92 Å². The van der Waals surface area contributed by atoms with Crippen LogP contribution in [0.25, 0.3) is 0 Å². The Morgan fingerprint density at radius 2 is 1.91 bits per heavy atom. The van der Waals surface area contributed by atoms with Crippen molar-refractivity contribution in [3.63, 3.8) is 0 Å². The van der Waals surface area contributed by atoms with Crippen molar-refractivity contribution in [3.8, 4) is 5.75 Å². The van der Waals surface area contributed by atoms with Crippen molar-refractivity contribution in [1.82, 2.24) is 0 Å². The van der Waals surface area contributed by atoms with Gasteiger partial charge in [0.1, 0.15) is 5.75 Å². The van der Waals surface area contributed by atoms with E-state index in [0.717, 1.165) is 17.7 Å². The van der Waals surface area contributed by atoms with E-state index in [1.54, 1.807) is 0 Å². The number of aliphatic hydroxyl groups excluding tert-OH is 1. The minimum absolute atomic E-state index is 0.233. The molecule has 124 valence electrons. The molecule has 0 heterocycles. The Morgan fingerprint density at radius 3 is 2.64 bits per heavy atom. The summed E-state index contributed by atoms with van der Waals surface area (Å²) in [6.45, 7) is 2.91. The number of hydrogen-bond acceptors (Lipinski definition) is 3. The molecule has 0 bridgehead atoms. The summed E-state index contributed by atoms with van der Waals surface area (Å²) in [6, 6.07) is 7.52. The van der Waals surface area contributed by atoms with Crippen LogP contribution in [0.4, 0.5) is 0 Å². The first kappa shape index (κ1) is 18.5. The number of aliphatic carboxylic acids is 1. The summed E-state index contributed by atoms with van der Waals surface area (Å²) in [4.78, 5) is 10.6. The molecule has 0 saturated carbocycles. The number of benzene rings is 1. The average Bonchev–Trinajstić information content (AvgIpc) is 2.46. The van der Waals surface area contributed by atoms with E-state index in [1.807, 2.05) is 24.3 Å². The fourth-order valence-corrected chi connectivity index (χ4v) is 2.38. The Balaban J connectivity index is 2.27. The maximum atomic E-state index is 10.6. The van der Waals surface area contributed by atoms with Gasteiger partial charge >= 0.3 is 5.97 Å². The molecule has 1 aromatic rings. The summed E-state index contributed by atoms with van der Waals surface area (Å²) in [7, 11) is 0. The number of carboxylic acid groups (broad SMARTS) is 1. The van der Waals surface area contributed by atoms with Gasteiger partial charge in [0.2, 0.25) is 0 Å². The molecule has 0 aliphatic rings. The van der Waals surface area contributed by atoms with Gasteiger partial charge in [0.25, 0.3) is 0 Å². The number of rotatable bonds is 12. The van der Waals surface area contributed by atoms with Crippen molar-refractivity contribution >= 4 is 5.97 Å². The number of hydrogen-bond donors (Lipinski definition) is 2. The van der Waals surface area contributed by atoms with E-state index >= 15 is 0 Å². The number of unbranched alkanes of at least 4 members (excludes halogenated alkanes) is 5. The zero-order chi connectivity index (χ0) is 16.2. The van der Waals surface area contributed by atoms with Crippen LogP contribution in [0.2, 0.25) is 0 Å². The van der Waals surface area contributed by atoms with Gasteiger partial charge in [-0.1, -0.05) is 51.2 Å². The summed E-state index contributed by atoms with van der Waals surface area (Å²) in [5.74, 6) is -0.198. The second-order valence-corrected chi connectivity index (χ2v) is 5.72. The highest BCUT2D eigenvalue weighted by Crippen LogP contribution is 2.16. The average molecular weight is 308 g/mol. The monoisotopic (exact) mass is 308 g/mol. The fraction of sp³-hybridized carbons (Fsp3) is 0.611. The van der Waals surface area contributed by atoms with Crippen LogP contribution in [-0.4, -0.2) is 28.9 Å². The predicted molar refractivity (Wildman–Crippen MR) is 87.3 cm³/mol. The van der Waals surface area contributed by atoms with Gasteiger partial charge in [0.05, 0.1) is 19.1 Å². The van der Waals surface area contributed by atoms with Crippen LogP contribution >= 0.6 is 0 Å². The quantitative estimate of drug-likeness (QED) is 0.576. The third-order valence-corrected chi connectivity index (χ3v) is 3.55. The van der Waals surface area contributed by atoms with Gasteiger partial charge in [0, 0.05) is 0 Å². The molecular formula is C18H28O4. The van der Waals surface area contributed by atoms with Crippen molar-refractivity contribution in [3.05, 3.63) is 29.8 Å². The molecule has 1 atom stereocenters. The summed E-state index contributed by atoms with van der Waals surface area (Å²) < 4.78 is 5.72. The largest absolute Gasteiger partial charge is 0.494 e. The molecule has 1 aromatic carbocycles. The lowest BCUT2D eigenvalue weighted by molar-refractivity contribution is -0.139. The molecule has 0 aromatic heterocycles. The molecule has 0 spiro atoms. The fourth-order valence-electron chi connectivity index (χ4n) is 2.38. The van der Waals surface area contributed by atoms with E-state index in [4.69, 9.17) is 9.84 Å². The topological polar surface area (TPSA) is 66.8 Å². The maximum Gasteiger partial charge on any atom is 0.305 e. The first-order valence-electron chi connectivity index (χ1n) is 8.23. The van der Waals surface area contributed by atoms with E-state index in [9.17, 15) is 9.90 Å². The first-order chi connectivity index (χ1) is 10.6. The molecule has 0 saturated heterocycles. The molecule has 0 amide bonds. The second-order valence-electron chi connectivity index (χ2n) is 5.72. The Labute approximate surface area is 133 Å². The first-order valence-corrected chi connectivity index (χ1v) is 8.23. The van der Waals surface area contributed by atoms with Crippen LogP contribution in [0.15, 0.2) is 24.3 Å². The van der Waals surface area contributed by atoms with E-state index < -0.39 is 12.1 Å². The Bertz CT molecular complexity index is 431. The molecule has 4 nitrogen and oxygen atoms in total. The van der Waals surface area contributed by atoms with Gasteiger partial charge in [-0.05, 0) is 30.5 Å². The number of carbonyl (C=O) groups is 1. The molecule has 0 aliphatic carbocycles. The minimum Gasteiger partial charge on any atom is -0.494 e. The second kappa shape index (κ2) is 11.1. The lowest BCUT2D eigenvalue weighted by atomic mass is 10.1. The standard InChI is InChI=1S/C18H28O4/c1-2-3-4-5-6-7-11-22-17-10-8-9-15(13-17)12-16(19)14-18(20)21/h8-10,13,16,19H,2-7,11-12,14H2,1H3,(H,20,21). The molecular weight excluding hydrogens is 280 g/mol. The van der Waals surface area contributed by atoms with Crippen molar-refractivity contribution in [2.24, 2.45) is 0 Å². The van der Waals surface area contributed by atoms with Crippen molar-refractivity contribution in [2.45, 2.75) is 64.4 Å². The third-order valence-electron chi connectivity index (χ3n) is 3.55. The van der Waals surface area contributed by atoms with Crippen LogP contribution in [0.5, 0.6) is 5.75 Å². The van der Waals surface area contributed by atoms with Gasteiger partial charge in [-0.25, -0.2) is 0 Å². The van der Waals surface area contributed by atoms with Crippen LogP contribution in [0, 0.1) is 0 Å². The summed E-state index contributed by atoms with van der Waals surface area (Å²) >= 11 is 0. The Hall–Kier alpha value is -1.55. The normalized spacial score (nSPS) is 12.1. The van der Waals surface area contributed by atoms with Crippen LogP contribution in [0.3, 0.4) is 0 Å². The Kier molecular flexibility index (Phi) is 9.31. The van der Waals surface area contributed by atoms with Gasteiger partial charge in [0.15, 0.2) is 0 Å². The van der Waals surface area contributed by atoms with Gasteiger partial charge in [-0.2, -0.15) is 0 Å². The molecule has 0 aliphatic heterocycles. The van der Waals surface area contributed by atoms with Gasteiger partial charge in [-0.3, -0.25) is 4.79 Å². The minimum atomic E-state index is -0.983. The SMILES string of the molecule is CCCCCCCCOc1cccc(CC(O)CC(=O)O)c1. The van der Waals surface area contributed by atoms with Crippen molar-refractivity contribution < 1.29 is 19.7 Å². The van der Waals surface area contributed by atoms with Gasteiger partial charge < -0.3 is 14.9 Å². The zero-order valence-electron chi connectivity index (χ0n) is 13.5. The molecule has 2 N–H and O–H groups in total. The molecule has 1 rings (SSSR count). The van der Waals surface area contributed by atoms with E-state index in [1.165, 1.54) is 32.1 Å². The lowest BCUT2D eigenvalue weighted by Crippen LogP contribution is -2.15. The summed E-state index contributed by atoms with van der Waals surface area (Å²) in [5.41, 5.74) is 0.897.